The fourth-order valence-corrected chi connectivity index (χ4v) is 2.32. The minimum Gasteiger partial charge on any atom is -0.503 e. The molecule has 0 aliphatic heterocycles. The van der Waals surface area contributed by atoms with Crippen LogP contribution in [-0.4, -0.2) is 44.3 Å². The van der Waals surface area contributed by atoms with E-state index in [9.17, 15) is 19.8 Å². The largest absolute Gasteiger partial charge is 0.503 e. The van der Waals surface area contributed by atoms with E-state index in [1.807, 2.05) is 0 Å². The first-order chi connectivity index (χ1) is 9.43. The lowest BCUT2D eigenvalue weighted by molar-refractivity contribution is -0.138. The second-order valence-electron chi connectivity index (χ2n) is 5.12. The molecule has 1 aromatic rings. The average molecular weight is 282 g/mol. The van der Waals surface area contributed by atoms with Gasteiger partial charge in [-0.15, -0.1) is 0 Å². The smallest absolute Gasteiger partial charge is 0.317 e. The fourth-order valence-electron chi connectivity index (χ4n) is 2.32. The number of carboxylic acid groups (broad SMARTS) is 1. The molecule has 0 atom stereocenters. The van der Waals surface area contributed by atoms with E-state index in [2.05, 4.69) is 0 Å². The number of carbonyl (C=O) groups is 1. The summed E-state index contributed by atoms with van der Waals surface area (Å²) in [5.74, 6) is -1.35. The Kier molecular flexibility index (Phi) is 4.10. The number of aromatic hydroxyl groups is 1. The van der Waals surface area contributed by atoms with Crippen molar-refractivity contribution >= 4 is 5.97 Å². The van der Waals surface area contributed by atoms with E-state index in [1.165, 1.54) is 11.0 Å². The van der Waals surface area contributed by atoms with Gasteiger partial charge in [-0.1, -0.05) is 0 Å². The lowest BCUT2D eigenvalue weighted by Gasteiger charge is -2.22. The van der Waals surface area contributed by atoms with E-state index >= 15 is 0 Å². The average Bonchev–Trinajstić information content (AvgIpc) is 3.17. The standard InChI is InChI=1S/C13H18N2O5/c1-14(6-12(18)19)5-10-13(20)11(17)4-9(7-16)15(10)8-2-3-8/h4,8,16,20H,2-3,5-7H2,1H3,(H,18,19). The number of nitrogens with zero attached hydrogens (tertiary/aromatic N) is 2. The quantitative estimate of drug-likeness (QED) is 0.673. The number of rotatable bonds is 6. The second-order valence-corrected chi connectivity index (χ2v) is 5.12. The van der Waals surface area contributed by atoms with E-state index in [1.54, 1.807) is 11.6 Å². The maximum Gasteiger partial charge on any atom is 0.317 e. The lowest BCUT2D eigenvalue weighted by atomic mass is 10.2. The first-order valence-electron chi connectivity index (χ1n) is 6.41. The van der Waals surface area contributed by atoms with Crippen LogP contribution in [0.2, 0.25) is 0 Å². The molecule has 1 aliphatic carbocycles. The van der Waals surface area contributed by atoms with Gasteiger partial charge in [0.1, 0.15) is 0 Å². The minimum atomic E-state index is -0.981. The SMILES string of the molecule is CN(CC(=O)O)Cc1c(O)c(=O)cc(CO)n1C1CC1. The number of hydrogen-bond donors (Lipinski definition) is 3. The molecule has 0 saturated heterocycles. The summed E-state index contributed by atoms with van der Waals surface area (Å²) < 4.78 is 1.76. The van der Waals surface area contributed by atoms with Gasteiger partial charge >= 0.3 is 5.97 Å². The molecule has 0 bridgehead atoms. The van der Waals surface area contributed by atoms with Crippen LogP contribution in [0.15, 0.2) is 10.9 Å². The third-order valence-electron chi connectivity index (χ3n) is 3.30. The van der Waals surface area contributed by atoms with Gasteiger partial charge in [-0.05, 0) is 19.9 Å². The van der Waals surface area contributed by atoms with Crippen molar-refractivity contribution in [2.24, 2.45) is 0 Å². The van der Waals surface area contributed by atoms with Crippen molar-refractivity contribution in [1.82, 2.24) is 9.47 Å². The Labute approximate surface area is 115 Å². The van der Waals surface area contributed by atoms with Crippen LogP contribution in [0.1, 0.15) is 30.3 Å². The highest BCUT2D eigenvalue weighted by molar-refractivity contribution is 5.69. The zero-order chi connectivity index (χ0) is 14.9. The Morgan fingerprint density at radius 3 is 2.65 bits per heavy atom. The van der Waals surface area contributed by atoms with Crippen molar-refractivity contribution in [3.05, 3.63) is 27.7 Å². The van der Waals surface area contributed by atoms with Crippen molar-refractivity contribution in [3.8, 4) is 5.75 Å². The summed E-state index contributed by atoms with van der Waals surface area (Å²) >= 11 is 0. The van der Waals surface area contributed by atoms with E-state index in [4.69, 9.17) is 5.11 Å². The molecule has 1 heterocycles. The van der Waals surface area contributed by atoms with Gasteiger partial charge in [0.2, 0.25) is 5.43 Å². The molecule has 0 aromatic carbocycles. The lowest BCUT2D eigenvalue weighted by Crippen LogP contribution is -2.28. The van der Waals surface area contributed by atoms with Crippen LogP contribution in [0.5, 0.6) is 5.75 Å². The van der Waals surface area contributed by atoms with Crippen LogP contribution in [0.3, 0.4) is 0 Å². The number of hydrogen-bond acceptors (Lipinski definition) is 5. The maximum atomic E-state index is 11.7. The minimum absolute atomic E-state index is 0.137. The Bertz CT molecular complexity index is 577. The maximum absolute atomic E-state index is 11.7. The van der Waals surface area contributed by atoms with Crippen molar-refractivity contribution < 1.29 is 20.1 Å². The van der Waals surface area contributed by atoms with Crippen molar-refractivity contribution in [2.75, 3.05) is 13.6 Å². The Morgan fingerprint density at radius 2 is 2.15 bits per heavy atom. The number of aliphatic carboxylic acids is 1. The highest BCUT2D eigenvalue weighted by Gasteiger charge is 2.29. The number of carboxylic acids is 1. The number of likely N-dealkylation sites (N-methyl/N-ethyl adjacent to an activating group) is 1. The highest BCUT2D eigenvalue weighted by atomic mass is 16.4. The molecule has 1 aliphatic rings. The summed E-state index contributed by atoms with van der Waals surface area (Å²) in [5.41, 5.74) is 0.270. The summed E-state index contributed by atoms with van der Waals surface area (Å²) in [4.78, 5) is 23.9. The van der Waals surface area contributed by atoms with Crippen LogP contribution in [0.25, 0.3) is 0 Å². The zero-order valence-corrected chi connectivity index (χ0v) is 11.2. The Balaban J connectivity index is 2.41. The number of aliphatic hydroxyl groups excluding tert-OH is 1. The van der Waals surface area contributed by atoms with Crippen LogP contribution in [0, 0.1) is 0 Å². The van der Waals surface area contributed by atoms with Gasteiger partial charge in [-0.2, -0.15) is 0 Å². The van der Waals surface area contributed by atoms with Gasteiger partial charge in [0.25, 0.3) is 0 Å². The fraction of sp³-hybridized carbons (Fsp3) is 0.538. The monoisotopic (exact) mass is 282 g/mol. The van der Waals surface area contributed by atoms with Gasteiger partial charge in [-0.25, -0.2) is 0 Å². The van der Waals surface area contributed by atoms with Crippen LogP contribution in [-0.2, 0) is 17.9 Å². The molecule has 1 aromatic heterocycles. The van der Waals surface area contributed by atoms with E-state index in [0.717, 1.165) is 12.8 Å². The molecular weight excluding hydrogens is 264 g/mol. The highest BCUT2D eigenvalue weighted by Crippen LogP contribution is 2.38. The molecule has 3 N–H and O–H groups in total. The van der Waals surface area contributed by atoms with Crippen molar-refractivity contribution in [1.29, 1.82) is 0 Å². The third-order valence-corrected chi connectivity index (χ3v) is 3.30. The molecule has 20 heavy (non-hydrogen) atoms. The molecular formula is C13H18N2O5. The number of aliphatic hydroxyl groups is 1. The number of pyridine rings is 1. The summed E-state index contributed by atoms with van der Waals surface area (Å²) in [7, 11) is 1.60. The summed E-state index contributed by atoms with van der Waals surface area (Å²) in [6.07, 6.45) is 1.84. The molecule has 110 valence electrons. The van der Waals surface area contributed by atoms with Gasteiger partial charge in [-0.3, -0.25) is 14.5 Å². The van der Waals surface area contributed by atoms with E-state index in [0.29, 0.717) is 11.4 Å². The van der Waals surface area contributed by atoms with Crippen molar-refractivity contribution in [3.63, 3.8) is 0 Å². The van der Waals surface area contributed by atoms with Gasteiger partial charge < -0.3 is 19.9 Å². The van der Waals surface area contributed by atoms with Crippen molar-refractivity contribution in [2.45, 2.75) is 32.0 Å². The first kappa shape index (κ1) is 14.5. The predicted molar refractivity (Wildman–Crippen MR) is 70.5 cm³/mol. The molecule has 1 fully saturated rings. The van der Waals surface area contributed by atoms with Gasteiger partial charge in [0.15, 0.2) is 5.75 Å². The molecule has 0 spiro atoms. The predicted octanol–water partition coefficient (Wildman–Crippen LogP) is -0.103. The molecule has 1 saturated carbocycles. The summed E-state index contributed by atoms with van der Waals surface area (Å²) in [6.45, 7) is -0.346. The third kappa shape index (κ3) is 3.00. The van der Waals surface area contributed by atoms with Crippen LogP contribution < -0.4 is 5.43 Å². The molecule has 0 radical (unpaired) electrons. The molecule has 0 amide bonds. The first-order valence-corrected chi connectivity index (χ1v) is 6.41. The Hall–Kier alpha value is -1.86. The van der Waals surface area contributed by atoms with E-state index < -0.39 is 11.4 Å². The molecule has 7 nitrogen and oxygen atoms in total. The normalized spacial score (nSPS) is 14.8. The summed E-state index contributed by atoms with van der Waals surface area (Å²) in [6, 6.07) is 1.39. The van der Waals surface area contributed by atoms with Crippen LogP contribution in [0.4, 0.5) is 0 Å². The number of aromatic nitrogens is 1. The van der Waals surface area contributed by atoms with Gasteiger partial charge in [0.05, 0.1) is 18.8 Å². The topological polar surface area (TPSA) is 103 Å². The van der Waals surface area contributed by atoms with Gasteiger partial charge in [0, 0.05) is 24.3 Å². The molecule has 0 unspecified atom stereocenters. The second kappa shape index (κ2) is 5.64. The zero-order valence-electron chi connectivity index (χ0n) is 11.2. The van der Waals surface area contributed by atoms with Crippen LogP contribution >= 0.6 is 0 Å². The van der Waals surface area contributed by atoms with E-state index in [-0.39, 0.29) is 31.5 Å². The molecule has 2 rings (SSSR count). The summed E-state index contributed by atoms with van der Waals surface area (Å²) in [5, 5.41) is 28.1. The Morgan fingerprint density at radius 1 is 1.50 bits per heavy atom. The molecule has 7 heteroatoms.